The number of carbonyl (C=O) groups is 1. The molecule has 0 bridgehead atoms. The Hall–Kier alpha value is -3.93. The van der Waals surface area contributed by atoms with Gasteiger partial charge in [0.2, 0.25) is 12.3 Å². The van der Waals surface area contributed by atoms with E-state index in [0.29, 0.717) is 36.7 Å². The maximum Gasteiger partial charge on any atom is 0.470 e. The van der Waals surface area contributed by atoms with Gasteiger partial charge in [0.1, 0.15) is 0 Å². The average Bonchev–Trinajstić information content (AvgIpc) is 3.63. The number of aromatic nitrogens is 2. The molecule has 0 aliphatic carbocycles. The molecule has 0 N–H and O–H groups in total. The molecule has 38 heavy (non-hydrogen) atoms. The fraction of sp³-hybridized carbons (Fsp3) is 0.269. The first-order valence-corrected chi connectivity index (χ1v) is 13.1. The van der Waals surface area contributed by atoms with Crippen molar-refractivity contribution in [3.63, 3.8) is 0 Å². The number of hydrogen-bond donors (Lipinski definition) is 0. The fourth-order valence-electron chi connectivity index (χ4n) is 3.67. The van der Waals surface area contributed by atoms with Gasteiger partial charge in [0.15, 0.2) is 0 Å². The van der Waals surface area contributed by atoms with Crippen molar-refractivity contribution in [1.82, 2.24) is 15.1 Å². The Balaban J connectivity index is 0.000000317. The molecule has 0 atom stereocenters. The van der Waals surface area contributed by atoms with Crippen molar-refractivity contribution in [1.29, 1.82) is 0 Å². The van der Waals surface area contributed by atoms with Crippen LogP contribution in [0.1, 0.15) is 11.5 Å². The van der Waals surface area contributed by atoms with Gasteiger partial charge < -0.3 is 18.6 Å². The van der Waals surface area contributed by atoms with Crippen molar-refractivity contribution in [2.75, 3.05) is 36.5 Å². The van der Waals surface area contributed by atoms with E-state index in [0.717, 1.165) is 28.8 Å². The van der Waals surface area contributed by atoms with Crippen LogP contribution >= 0.6 is 0 Å². The van der Waals surface area contributed by atoms with Gasteiger partial charge in [-0.15, -0.1) is 10.2 Å². The molecule has 2 aromatic heterocycles. The molecule has 0 unspecified atom stereocenters. The van der Waals surface area contributed by atoms with Crippen LogP contribution < -0.4 is 4.90 Å². The van der Waals surface area contributed by atoms with Gasteiger partial charge in [0, 0.05) is 65.8 Å². The summed E-state index contributed by atoms with van der Waals surface area (Å²) in [4.78, 5) is 13.8. The summed E-state index contributed by atoms with van der Waals surface area (Å²) in [5.74, 6) is -0.209. The van der Waals surface area contributed by atoms with Crippen LogP contribution in [0.25, 0.3) is 22.6 Å². The maximum atomic E-state index is 12.6. The van der Waals surface area contributed by atoms with Crippen LogP contribution in [-0.2, 0) is 28.3 Å². The second-order valence-electron chi connectivity index (χ2n) is 8.51. The van der Waals surface area contributed by atoms with Gasteiger partial charge in [0.05, 0.1) is 12.5 Å². The largest absolute Gasteiger partial charge is 0.472 e. The Labute approximate surface area is 219 Å². The number of amides is 1. The van der Waals surface area contributed by atoms with Gasteiger partial charge in [0.25, 0.3) is 0 Å². The standard InChI is InChI=1S/C21H16F3N3O2.C5H9NO2S/c1-27(18-8-6-15(7-9-18)17-10-11-28-13-17)12-14-2-4-16(5-3-14)19-25-26-20(29-19)21(22,23)24;7-5-6-1-3-9(8)4-2-6/h2-11,13H,12H2,1H3;5H,1-4H2. The van der Waals surface area contributed by atoms with Crippen molar-refractivity contribution in [2.45, 2.75) is 12.7 Å². The fourth-order valence-corrected chi connectivity index (χ4v) is 4.75. The molecule has 1 aliphatic rings. The number of hydrogen-bond acceptors (Lipinski definition) is 7. The molecule has 1 fully saturated rings. The quantitative estimate of drug-likeness (QED) is 0.319. The van der Waals surface area contributed by atoms with E-state index in [-0.39, 0.29) is 5.89 Å². The van der Waals surface area contributed by atoms with Crippen molar-refractivity contribution < 1.29 is 31.0 Å². The molecule has 8 nitrogen and oxygen atoms in total. The highest BCUT2D eigenvalue weighted by molar-refractivity contribution is 7.85. The number of halogens is 3. The molecule has 0 saturated carbocycles. The molecule has 1 aliphatic heterocycles. The number of carbonyl (C=O) groups excluding carboxylic acids is 1. The molecule has 0 radical (unpaired) electrons. The number of anilines is 1. The van der Waals surface area contributed by atoms with Gasteiger partial charge in [-0.25, -0.2) is 0 Å². The molecule has 1 saturated heterocycles. The van der Waals surface area contributed by atoms with Crippen LogP contribution in [-0.4, -0.2) is 57.4 Å². The summed E-state index contributed by atoms with van der Waals surface area (Å²) in [6.45, 7) is 1.95. The highest BCUT2D eigenvalue weighted by Gasteiger charge is 2.38. The topological polar surface area (TPSA) is 92.7 Å². The Bertz CT molecular complexity index is 1330. The van der Waals surface area contributed by atoms with Gasteiger partial charge in [-0.1, -0.05) is 24.3 Å². The Kier molecular flexibility index (Phi) is 8.62. The SMILES string of the molecule is CN(Cc1ccc(-c2nnc(C(F)(F)F)o2)cc1)c1ccc(-c2ccoc2)cc1.O=CN1CCS(=O)CC1. The minimum absolute atomic E-state index is 0.160. The summed E-state index contributed by atoms with van der Waals surface area (Å²) in [6.07, 6.45) is -0.504. The summed E-state index contributed by atoms with van der Waals surface area (Å²) >= 11 is 0. The Morgan fingerprint density at radius 2 is 1.63 bits per heavy atom. The minimum Gasteiger partial charge on any atom is -0.472 e. The number of alkyl halides is 3. The second kappa shape index (κ2) is 12.1. The molecular formula is C26H25F3N4O4S. The maximum absolute atomic E-state index is 12.6. The zero-order valence-corrected chi connectivity index (χ0v) is 21.2. The van der Waals surface area contributed by atoms with Crippen LogP contribution in [0.5, 0.6) is 0 Å². The number of rotatable bonds is 6. The lowest BCUT2D eigenvalue weighted by molar-refractivity contribution is -0.156. The van der Waals surface area contributed by atoms with E-state index in [1.807, 2.05) is 49.5 Å². The highest BCUT2D eigenvalue weighted by Crippen LogP contribution is 2.30. The van der Waals surface area contributed by atoms with Crippen molar-refractivity contribution in [3.05, 3.63) is 78.6 Å². The third kappa shape index (κ3) is 7.09. The van der Waals surface area contributed by atoms with E-state index in [1.165, 1.54) is 0 Å². The zero-order chi connectivity index (χ0) is 27.1. The van der Waals surface area contributed by atoms with Gasteiger partial charge in [-0.3, -0.25) is 9.00 Å². The first-order valence-electron chi connectivity index (χ1n) is 11.6. The predicted octanol–water partition coefficient (Wildman–Crippen LogP) is 4.86. The Morgan fingerprint density at radius 1 is 0.974 bits per heavy atom. The lowest BCUT2D eigenvalue weighted by Gasteiger charge is -2.21. The predicted molar refractivity (Wildman–Crippen MR) is 137 cm³/mol. The lowest BCUT2D eigenvalue weighted by Crippen LogP contribution is -2.36. The highest BCUT2D eigenvalue weighted by atomic mass is 32.2. The molecule has 5 rings (SSSR count). The van der Waals surface area contributed by atoms with Crippen molar-refractivity contribution >= 4 is 22.9 Å². The van der Waals surface area contributed by atoms with E-state index < -0.39 is 22.9 Å². The monoisotopic (exact) mass is 546 g/mol. The molecular weight excluding hydrogens is 521 g/mol. The van der Waals surface area contributed by atoms with Crippen LogP contribution in [0.2, 0.25) is 0 Å². The van der Waals surface area contributed by atoms with Gasteiger partial charge in [-0.05, 0) is 41.5 Å². The first-order chi connectivity index (χ1) is 18.2. The molecule has 4 aromatic rings. The van der Waals surface area contributed by atoms with Crippen molar-refractivity contribution in [2.24, 2.45) is 0 Å². The minimum atomic E-state index is -4.65. The molecule has 1 amide bonds. The third-order valence-electron chi connectivity index (χ3n) is 5.81. The molecule has 3 heterocycles. The van der Waals surface area contributed by atoms with E-state index in [2.05, 4.69) is 15.1 Å². The van der Waals surface area contributed by atoms with E-state index in [9.17, 15) is 22.2 Å². The van der Waals surface area contributed by atoms with Gasteiger partial charge >= 0.3 is 12.1 Å². The molecule has 200 valence electrons. The van der Waals surface area contributed by atoms with Crippen LogP contribution in [0.4, 0.5) is 18.9 Å². The van der Waals surface area contributed by atoms with E-state index in [4.69, 9.17) is 8.83 Å². The first kappa shape index (κ1) is 27.1. The summed E-state index contributed by atoms with van der Waals surface area (Å²) in [6, 6.07) is 17.0. The van der Waals surface area contributed by atoms with E-state index >= 15 is 0 Å². The van der Waals surface area contributed by atoms with Crippen LogP contribution in [0, 0.1) is 0 Å². The summed E-state index contributed by atoms with van der Waals surface area (Å²) in [7, 11) is 1.30. The molecule has 2 aromatic carbocycles. The third-order valence-corrected chi connectivity index (χ3v) is 7.09. The van der Waals surface area contributed by atoms with Crippen LogP contribution in [0.3, 0.4) is 0 Å². The smallest absolute Gasteiger partial charge is 0.470 e. The number of furan rings is 1. The Morgan fingerprint density at radius 3 is 2.18 bits per heavy atom. The number of nitrogens with zero attached hydrogens (tertiary/aromatic N) is 4. The summed E-state index contributed by atoms with van der Waals surface area (Å²) in [5.41, 5.74) is 4.55. The van der Waals surface area contributed by atoms with Crippen LogP contribution in [0.15, 0.2) is 76.0 Å². The van der Waals surface area contributed by atoms with Crippen molar-refractivity contribution in [3.8, 4) is 22.6 Å². The summed E-state index contributed by atoms with van der Waals surface area (Å²) < 4.78 is 58.3. The van der Waals surface area contributed by atoms with Gasteiger partial charge in [-0.2, -0.15) is 13.2 Å². The molecule has 12 heteroatoms. The molecule has 0 spiro atoms. The average molecular weight is 547 g/mol. The number of benzene rings is 2. The normalized spacial score (nSPS) is 14.1. The lowest BCUT2D eigenvalue weighted by atomic mass is 10.1. The zero-order valence-electron chi connectivity index (χ0n) is 20.4. The summed E-state index contributed by atoms with van der Waals surface area (Å²) in [5, 5.41) is 6.51. The second-order valence-corrected chi connectivity index (χ2v) is 10.2. The van der Waals surface area contributed by atoms with E-state index in [1.54, 1.807) is 29.6 Å².